The van der Waals surface area contributed by atoms with Crippen molar-refractivity contribution in [2.45, 2.75) is 213 Å². The predicted octanol–water partition coefficient (Wildman–Crippen LogP) is 14.1. The van der Waals surface area contributed by atoms with E-state index < -0.39 is 0 Å². The molecule has 0 aliphatic carbocycles. The smallest absolute Gasteiger partial charge is 0.101 e. The van der Waals surface area contributed by atoms with Crippen molar-refractivity contribution in [1.29, 1.82) is 0 Å². The van der Waals surface area contributed by atoms with E-state index in [0.717, 1.165) is 12.5 Å². The molecule has 0 heterocycles. The Kier molecular flexibility index (Phi) is 35.9. The van der Waals surface area contributed by atoms with Crippen molar-refractivity contribution in [2.75, 3.05) is 12.1 Å². The molecular weight excluding hydrogens is 528 g/mol. The van der Waals surface area contributed by atoms with Crippen LogP contribution in [0, 0.1) is 5.92 Å². The minimum absolute atomic E-state index is 0.686. The van der Waals surface area contributed by atoms with Crippen molar-refractivity contribution in [3.63, 3.8) is 0 Å². The predicted molar refractivity (Wildman–Crippen MR) is 178 cm³/mol. The molecule has 0 saturated heterocycles. The van der Waals surface area contributed by atoms with E-state index in [-0.39, 0.29) is 0 Å². The van der Waals surface area contributed by atoms with Crippen LogP contribution in [0.5, 0.6) is 0 Å². The van der Waals surface area contributed by atoms with E-state index in [1.807, 2.05) is 0 Å². The van der Waals surface area contributed by atoms with E-state index in [2.05, 4.69) is 29.8 Å². The van der Waals surface area contributed by atoms with E-state index in [4.69, 9.17) is 4.74 Å². The summed E-state index contributed by atoms with van der Waals surface area (Å²) in [4.78, 5) is 0. The molecule has 38 heavy (non-hydrogen) atoms. The first-order chi connectivity index (χ1) is 18.8. The molecule has 2 heteroatoms. The summed E-state index contributed by atoms with van der Waals surface area (Å²) in [6.07, 6.45) is 45.1. The Hall–Kier alpha value is 0.440. The van der Waals surface area contributed by atoms with Crippen LogP contribution in [0.2, 0.25) is 0 Å². The van der Waals surface area contributed by atoms with Crippen LogP contribution in [0.1, 0.15) is 213 Å². The van der Waals surface area contributed by atoms with Gasteiger partial charge in [-0.1, -0.05) is 222 Å². The lowest BCUT2D eigenvalue weighted by molar-refractivity contribution is 0.180. The lowest BCUT2D eigenvalue weighted by atomic mass is 9.95. The molecule has 1 atom stereocenters. The molecule has 0 bridgehead atoms. The molecule has 0 aliphatic heterocycles. The zero-order valence-corrected chi connectivity index (χ0v) is 28.3. The average Bonchev–Trinajstić information content (AvgIpc) is 2.92. The summed E-state index contributed by atoms with van der Waals surface area (Å²) in [5.74, 6) is 0.957. The first kappa shape index (κ1) is 38.4. The molecule has 1 nitrogen and oxygen atoms in total. The highest BCUT2D eigenvalue weighted by atomic mass is 79.9. The monoisotopic (exact) mass is 600 g/mol. The number of halogens is 1. The van der Waals surface area contributed by atoms with Crippen molar-refractivity contribution in [1.82, 2.24) is 0 Å². The third kappa shape index (κ3) is 34.5. The van der Waals surface area contributed by atoms with E-state index in [1.165, 1.54) is 199 Å². The van der Waals surface area contributed by atoms with Crippen molar-refractivity contribution in [3.05, 3.63) is 0 Å². The second-order valence-electron chi connectivity index (χ2n) is 12.6. The first-order valence-electron chi connectivity index (χ1n) is 17.9. The Balaban J connectivity index is 3.13. The van der Waals surface area contributed by atoms with Gasteiger partial charge in [-0.25, -0.2) is 0 Å². The summed E-state index contributed by atoms with van der Waals surface area (Å²) in [5, 5.41) is 0. The Labute approximate surface area is 250 Å². The van der Waals surface area contributed by atoms with Gasteiger partial charge in [0.15, 0.2) is 0 Å². The minimum Gasteiger partial charge on any atom is -0.370 e. The van der Waals surface area contributed by atoms with Gasteiger partial charge in [0.2, 0.25) is 0 Å². The molecule has 0 saturated carbocycles. The Morgan fingerprint density at radius 1 is 0.395 bits per heavy atom. The van der Waals surface area contributed by atoms with Gasteiger partial charge >= 0.3 is 0 Å². The fourth-order valence-electron chi connectivity index (χ4n) is 5.88. The van der Waals surface area contributed by atoms with Crippen molar-refractivity contribution in [3.8, 4) is 0 Å². The summed E-state index contributed by atoms with van der Waals surface area (Å²) in [6.45, 7) is 5.73. The van der Waals surface area contributed by atoms with Crippen LogP contribution in [-0.4, -0.2) is 12.1 Å². The highest BCUT2D eigenvalue weighted by molar-refractivity contribution is 9.09. The third-order valence-electron chi connectivity index (χ3n) is 8.61. The minimum atomic E-state index is 0.686. The summed E-state index contributed by atoms with van der Waals surface area (Å²) in [6, 6.07) is 0. The summed E-state index contributed by atoms with van der Waals surface area (Å²) < 4.78 is 5.32. The van der Waals surface area contributed by atoms with Gasteiger partial charge in [-0.2, -0.15) is 0 Å². The molecular formula is C36H73BrO. The Morgan fingerprint density at radius 2 is 0.658 bits per heavy atom. The number of rotatable bonds is 34. The normalized spacial score (nSPS) is 12.4. The van der Waals surface area contributed by atoms with Crippen molar-refractivity contribution in [2.24, 2.45) is 5.92 Å². The van der Waals surface area contributed by atoms with Crippen LogP contribution in [0.15, 0.2) is 0 Å². The highest BCUT2D eigenvalue weighted by Crippen LogP contribution is 2.19. The van der Waals surface area contributed by atoms with Crippen LogP contribution in [-0.2, 0) is 4.74 Å². The van der Waals surface area contributed by atoms with Gasteiger partial charge in [0.05, 0.1) is 0 Å². The molecule has 0 aromatic heterocycles. The van der Waals surface area contributed by atoms with E-state index in [0.29, 0.717) is 5.52 Å². The summed E-state index contributed by atoms with van der Waals surface area (Å²) in [5.41, 5.74) is 0.686. The van der Waals surface area contributed by atoms with Crippen LogP contribution < -0.4 is 0 Å². The summed E-state index contributed by atoms with van der Waals surface area (Å²) in [7, 11) is 0. The zero-order chi connectivity index (χ0) is 27.6. The molecule has 0 radical (unpaired) electrons. The maximum Gasteiger partial charge on any atom is 0.101 e. The zero-order valence-electron chi connectivity index (χ0n) is 26.7. The Morgan fingerprint density at radius 3 is 0.947 bits per heavy atom. The largest absolute Gasteiger partial charge is 0.370 e. The lowest BCUT2D eigenvalue weighted by Gasteiger charge is -2.11. The standard InChI is InChI=1S/C36H73BrO/c1-3-4-5-6-7-8-9-10-11-12-14-17-20-23-26-29-32-36(2)33-30-27-24-21-18-15-13-16-19-22-25-28-31-34-38-35-37/h36H,3-35H2,1-2H3/t36-/m0/s1. The molecule has 0 spiro atoms. The van der Waals surface area contributed by atoms with Crippen LogP contribution in [0.3, 0.4) is 0 Å². The maximum atomic E-state index is 5.32. The van der Waals surface area contributed by atoms with Crippen LogP contribution in [0.4, 0.5) is 0 Å². The maximum absolute atomic E-state index is 5.32. The molecule has 230 valence electrons. The van der Waals surface area contributed by atoms with Crippen molar-refractivity contribution < 1.29 is 4.74 Å². The highest BCUT2D eigenvalue weighted by Gasteiger charge is 2.02. The number of hydrogen-bond donors (Lipinski definition) is 0. The molecule has 0 amide bonds. The summed E-state index contributed by atoms with van der Waals surface area (Å²) >= 11 is 3.30. The van der Waals surface area contributed by atoms with E-state index >= 15 is 0 Å². The van der Waals surface area contributed by atoms with Crippen molar-refractivity contribution >= 4 is 15.9 Å². The second-order valence-corrected chi connectivity index (χ2v) is 13.1. The third-order valence-corrected chi connectivity index (χ3v) is 8.94. The number of unbranched alkanes of at least 4 members (excludes halogenated alkanes) is 27. The van der Waals surface area contributed by atoms with E-state index in [1.54, 1.807) is 0 Å². The van der Waals surface area contributed by atoms with Gasteiger partial charge in [0.25, 0.3) is 0 Å². The molecule has 0 aromatic carbocycles. The Bertz CT molecular complexity index is 363. The SMILES string of the molecule is CCCCCCCCCCCCCCCCCC[C@H](C)CCCCCCCCCCCCCCCOCBr. The number of alkyl halides is 1. The fourth-order valence-corrected chi connectivity index (χ4v) is 6.11. The molecule has 0 aromatic rings. The van der Waals surface area contributed by atoms with E-state index in [9.17, 15) is 0 Å². The van der Waals surface area contributed by atoms with Gasteiger partial charge in [-0.05, 0) is 12.3 Å². The molecule has 0 fully saturated rings. The van der Waals surface area contributed by atoms with Gasteiger partial charge in [-0.15, -0.1) is 0 Å². The average molecular weight is 602 g/mol. The lowest BCUT2D eigenvalue weighted by Crippen LogP contribution is -1.95. The molecule has 0 rings (SSSR count). The van der Waals surface area contributed by atoms with Gasteiger partial charge < -0.3 is 4.74 Å². The number of ether oxygens (including phenoxy) is 1. The van der Waals surface area contributed by atoms with Crippen LogP contribution in [0.25, 0.3) is 0 Å². The molecule has 0 unspecified atom stereocenters. The molecule has 0 N–H and O–H groups in total. The topological polar surface area (TPSA) is 9.23 Å². The fraction of sp³-hybridized carbons (Fsp3) is 1.00. The van der Waals surface area contributed by atoms with Gasteiger partial charge in [-0.3, -0.25) is 0 Å². The van der Waals surface area contributed by atoms with Gasteiger partial charge in [0.1, 0.15) is 5.52 Å². The van der Waals surface area contributed by atoms with Crippen LogP contribution >= 0.6 is 15.9 Å². The van der Waals surface area contributed by atoms with Gasteiger partial charge in [0, 0.05) is 6.61 Å². The second kappa shape index (κ2) is 35.5. The molecule has 0 aliphatic rings. The quantitative estimate of drug-likeness (QED) is 0.0526. The number of hydrogen-bond acceptors (Lipinski definition) is 1. The first-order valence-corrected chi connectivity index (χ1v) is 19.1.